The fourth-order valence-electron chi connectivity index (χ4n) is 6.79. The molecule has 2 aliphatic rings. The first kappa shape index (κ1) is 37.2. The second-order valence-electron chi connectivity index (χ2n) is 13.4. The first-order valence-electron chi connectivity index (χ1n) is 18.7. The van der Waals surface area contributed by atoms with Gasteiger partial charge in [-0.15, -0.1) is 0 Å². The lowest BCUT2D eigenvalue weighted by Crippen LogP contribution is -2.49. The van der Waals surface area contributed by atoms with E-state index in [0.717, 1.165) is 51.0 Å². The summed E-state index contributed by atoms with van der Waals surface area (Å²) in [6.07, 6.45) is 32.0. The predicted molar refractivity (Wildman–Crippen MR) is 178 cm³/mol. The SMILES string of the molecule is CCCCCCCCO[Si](CC(CCCC)C1CCC2OC2C1)(OCCCCCCCC)OCCCCCCCC. The van der Waals surface area contributed by atoms with Crippen LogP contribution < -0.4 is 0 Å². The molecule has 0 aromatic heterocycles. The van der Waals surface area contributed by atoms with E-state index >= 15 is 0 Å². The summed E-state index contributed by atoms with van der Waals surface area (Å²) >= 11 is 0. The Kier molecular flexibility index (Phi) is 22.2. The lowest BCUT2D eigenvalue weighted by molar-refractivity contribution is 0.0468. The van der Waals surface area contributed by atoms with Gasteiger partial charge in [0.25, 0.3) is 0 Å². The Morgan fingerprint density at radius 2 is 0.976 bits per heavy atom. The molecule has 0 spiro atoms. The molecule has 41 heavy (non-hydrogen) atoms. The van der Waals surface area contributed by atoms with Gasteiger partial charge in [0.15, 0.2) is 0 Å². The first-order chi connectivity index (χ1) is 20.2. The van der Waals surface area contributed by atoms with Crippen molar-refractivity contribution in [2.45, 2.75) is 200 Å². The van der Waals surface area contributed by atoms with E-state index in [9.17, 15) is 0 Å². The highest BCUT2D eigenvalue weighted by atomic mass is 28.4. The van der Waals surface area contributed by atoms with Crippen molar-refractivity contribution in [2.75, 3.05) is 19.8 Å². The van der Waals surface area contributed by atoms with E-state index in [4.69, 9.17) is 18.0 Å². The van der Waals surface area contributed by atoms with Crippen molar-refractivity contribution in [1.82, 2.24) is 0 Å². The van der Waals surface area contributed by atoms with E-state index in [2.05, 4.69) is 27.7 Å². The van der Waals surface area contributed by atoms with E-state index in [1.165, 1.54) is 135 Å². The standard InChI is InChI=1S/C36H72O4Si/c1-5-9-13-16-19-22-28-37-41(38-29-23-20-17-14-10-6-2,39-30-24-21-18-15-11-7-3)32-34(25-12-8-4)33-26-27-35-36(31-33)40-35/h33-36H,5-32H2,1-4H3. The minimum atomic E-state index is -2.77. The molecule has 1 saturated heterocycles. The van der Waals surface area contributed by atoms with Gasteiger partial charge >= 0.3 is 8.80 Å². The second kappa shape index (κ2) is 24.4. The summed E-state index contributed by atoms with van der Waals surface area (Å²) in [6.45, 7) is 11.6. The first-order valence-corrected chi connectivity index (χ1v) is 20.7. The van der Waals surface area contributed by atoms with Crippen LogP contribution in [0.5, 0.6) is 0 Å². The molecule has 244 valence electrons. The predicted octanol–water partition coefficient (Wildman–Crippen LogP) is 11.4. The summed E-state index contributed by atoms with van der Waals surface area (Å²) in [4.78, 5) is 0. The number of ether oxygens (including phenoxy) is 1. The third-order valence-electron chi connectivity index (χ3n) is 9.61. The molecule has 2 fully saturated rings. The summed E-state index contributed by atoms with van der Waals surface area (Å²) in [7, 11) is -2.77. The third kappa shape index (κ3) is 17.2. The van der Waals surface area contributed by atoms with E-state index in [-0.39, 0.29) is 0 Å². The average molecular weight is 597 g/mol. The van der Waals surface area contributed by atoms with Crippen molar-refractivity contribution >= 4 is 8.80 Å². The van der Waals surface area contributed by atoms with Gasteiger partial charge in [0, 0.05) is 25.9 Å². The molecule has 0 amide bonds. The summed E-state index contributed by atoms with van der Waals surface area (Å²) in [5, 5.41) is 0. The van der Waals surface area contributed by atoms with Gasteiger partial charge in [-0.2, -0.15) is 0 Å². The van der Waals surface area contributed by atoms with Crippen molar-refractivity contribution in [2.24, 2.45) is 11.8 Å². The quantitative estimate of drug-likeness (QED) is 0.0470. The van der Waals surface area contributed by atoms with Crippen LogP contribution in [0.2, 0.25) is 6.04 Å². The van der Waals surface area contributed by atoms with Crippen LogP contribution in [0, 0.1) is 11.8 Å². The third-order valence-corrected chi connectivity index (χ3v) is 12.6. The Morgan fingerprint density at radius 1 is 0.537 bits per heavy atom. The van der Waals surface area contributed by atoms with E-state index < -0.39 is 8.80 Å². The number of hydrogen-bond acceptors (Lipinski definition) is 4. The topological polar surface area (TPSA) is 40.2 Å². The molecule has 1 aliphatic carbocycles. The van der Waals surface area contributed by atoms with E-state index in [1.54, 1.807) is 0 Å². The molecule has 1 saturated carbocycles. The zero-order valence-corrected chi connectivity index (χ0v) is 29.2. The van der Waals surface area contributed by atoms with E-state index in [1.807, 2.05) is 0 Å². The van der Waals surface area contributed by atoms with E-state index in [0.29, 0.717) is 18.1 Å². The minimum Gasteiger partial charge on any atom is -0.373 e. The lowest BCUT2D eigenvalue weighted by Gasteiger charge is -2.36. The van der Waals surface area contributed by atoms with Gasteiger partial charge in [-0.05, 0) is 50.4 Å². The van der Waals surface area contributed by atoms with Crippen LogP contribution >= 0.6 is 0 Å². The molecule has 0 bridgehead atoms. The Balaban J connectivity index is 2.05. The molecule has 0 aromatic rings. The fraction of sp³-hybridized carbons (Fsp3) is 1.00. The maximum absolute atomic E-state index is 6.93. The maximum atomic E-state index is 6.93. The molecule has 1 aliphatic heterocycles. The van der Waals surface area contributed by atoms with Crippen LogP contribution in [0.1, 0.15) is 182 Å². The average Bonchev–Trinajstić information content (AvgIpc) is 3.77. The van der Waals surface area contributed by atoms with Crippen molar-refractivity contribution in [1.29, 1.82) is 0 Å². The fourth-order valence-corrected chi connectivity index (χ4v) is 9.94. The van der Waals surface area contributed by atoms with Gasteiger partial charge < -0.3 is 18.0 Å². The molecular weight excluding hydrogens is 524 g/mol. The normalized spacial score (nSPS) is 21.2. The van der Waals surface area contributed by atoms with Crippen LogP contribution in [-0.4, -0.2) is 40.8 Å². The highest BCUT2D eigenvalue weighted by Crippen LogP contribution is 2.45. The summed E-state index contributed by atoms with van der Waals surface area (Å²) in [5.41, 5.74) is 0. The monoisotopic (exact) mass is 597 g/mol. The van der Waals surface area contributed by atoms with Crippen molar-refractivity contribution in [3.63, 3.8) is 0 Å². The molecule has 0 N–H and O–H groups in total. The van der Waals surface area contributed by atoms with Crippen LogP contribution in [0.25, 0.3) is 0 Å². The zero-order valence-electron chi connectivity index (χ0n) is 28.2. The van der Waals surface area contributed by atoms with Crippen LogP contribution in [0.15, 0.2) is 0 Å². The molecule has 0 aromatic carbocycles. The number of rotatable bonds is 30. The van der Waals surface area contributed by atoms with Crippen LogP contribution in [0.4, 0.5) is 0 Å². The van der Waals surface area contributed by atoms with Gasteiger partial charge in [-0.25, -0.2) is 0 Å². The molecule has 2 rings (SSSR count). The minimum absolute atomic E-state index is 0.533. The van der Waals surface area contributed by atoms with Gasteiger partial charge in [-0.3, -0.25) is 0 Å². The van der Waals surface area contributed by atoms with Crippen molar-refractivity contribution in [3.8, 4) is 0 Å². The molecule has 0 radical (unpaired) electrons. The smallest absolute Gasteiger partial charge is 0.373 e. The summed E-state index contributed by atoms with van der Waals surface area (Å²) in [6, 6.07) is 1.02. The number of unbranched alkanes of at least 4 members (excludes halogenated alkanes) is 16. The zero-order chi connectivity index (χ0) is 29.4. The summed E-state index contributed by atoms with van der Waals surface area (Å²) < 4.78 is 26.8. The van der Waals surface area contributed by atoms with Crippen molar-refractivity contribution < 1.29 is 18.0 Å². The molecule has 5 heteroatoms. The number of fused-ring (bicyclic) bond motifs is 1. The van der Waals surface area contributed by atoms with Gasteiger partial charge in [0.05, 0.1) is 12.2 Å². The van der Waals surface area contributed by atoms with Crippen molar-refractivity contribution in [3.05, 3.63) is 0 Å². The second-order valence-corrected chi connectivity index (χ2v) is 16.1. The Morgan fingerprint density at radius 3 is 1.41 bits per heavy atom. The lowest BCUT2D eigenvalue weighted by atomic mass is 9.79. The molecule has 1 heterocycles. The van der Waals surface area contributed by atoms with Gasteiger partial charge in [-0.1, -0.05) is 143 Å². The number of hydrogen-bond donors (Lipinski definition) is 0. The van der Waals surface area contributed by atoms with Crippen LogP contribution in [-0.2, 0) is 18.0 Å². The molecule has 4 atom stereocenters. The Bertz CT molecular complexity index is 542. The molecular formula is C36H72O4Si. The summed E-state index contributed by atoms with van der Waals surface area (Å²) in [5.74, 6) is 1.38. The number of epoxide rings is 1. The highest BCUT2D eigenvalue weighted by Gasteiger charge is 2.49. The van der Waals surface area contributed by atoms with Crippen LogP contribution in [0.3, 0.4) is 0 Å². The molecule has 4 nitrogen and oxygen atoms in total. The molecule has 4 unspecified atom stereocenters. The highest BCUT2D eigenvalue weighted by molar-refractivity contribution is 6.60. The largest absolute Gasteiger partial charge is 0.501 e. The Labute approximate surface area is 258 Å². The maximum Gasteiger partial charge on any atom is 0.501 e. The Hall–Kier alpha value is 0.0569. The van der Waals surface area contributed by atoms with Gasteiger partial charge in [0.1, 0.15) is 0 Å². The van der Waals surface area contributed by atoms with Gasteiger partial charge in [0.2, 0.25) is 0 Å².